The minimum atomic E-state index is -0.457. The number of carbonyl (C=O) groups excluding carboxylic acids is 2. The van der Waals surface area contributed by atoms with Gasteiger partial charge in [-0.3, -0.25) is 19.7 Å². The number of nitro benzene ring substituents is 1. The molecule has 1 atom stereocenters. The van der Waals surface area contributed by atoms with Crippen molar-refractivity contribution in [1.29, 1.82) is 0 Å². The molecule has 0 bridgehead atoms. The molecule has 8 nitrogen and oxygen atoms in total. The SMILES string of the molecule is O=C(NCCNc1ccccc1[N+](=O)[O-])C1CC(=O)N(c2ccc(Br)cc2)C1. The van der Waals surface area contributed by atoms with Crippen molar-refractivity contribution in [1.82, 2.24) is 5.32 Å². The molecule has 1 aliphatic rings. The van der Waals surface area contributed by atoms with E-state index in [1.165, 1.54) is 6.07 Å². The number of nitrogens with zero attached hydrogens (tertiary/aromatic N) is 2. The van der Waals surface area contributed by atoms with E-state index in [9.17, 15) is 19.7 Å². The summed E-state index contributed by atoms with van der Waals surface area (Å²) in [4.78, 5) is 36.8. The zero-order valence-electron chi connectivity index (χ0n) is 14.9. The summed E-state index contributed by atoms with van der Waals surface area (Å²) in [6, 6.07) is 13.7. The number of benzene rings is 2. The molecule has 28 heavy (non-hydrogen) atoms. The molecule has 2 aromatic carbocycles. The second-order valence-electron chi connectivity index (χ2n) is 6.37. The van der Waals surface area contributed by atoms with E-state index in [0.29, 0.717) is 25.3 Å². The molecule has 1 saturated heterocycles. The van der Waals surface area contributed by atoms with Crippen LogP contribution in [-0.2, 0) is 9.59 Å². The van der Waals surface area contributed by atoms with Gasteiger partial charge in [-0.25, -0.2) is 0 Å². The van der Waals surface area contributed by atoms with Gasteiger partial charge in [0.1, 0.15) is 5.69 Å². The summed E-state index contributed by atoms with van der Waals surface area (Å²) >= 11 is 3.36. The van der Waals surface area contributed by atoms with Gasteiger partial charge in [-0.2, -0.15) is 0 Å². The third-order valence-corrected chi connectivity index (χ3v) is 5.00. The predicted molar refractivity (Wildman–Crippen MR) is 109 cm³/mol. The molecule has 0 aliphatic carbocycles. The molecule has 1 fully saturated rings. The van der Waals surface area contributed by atoms with Gasteiger partial charge in [0.2, 0.25) is 11.8 Å². The van der Waals surface area contributed by atoms with E-state index in [-0.39, 0.29) is 23.9 Å². The molecule has 2 aromatic rings. The zero-order valence-corrected chi connectivity index (χ0v) is 16.5. The van der Waals surface area contributed by atoms with Crippen molar-refractivity contribution in [3.8, 4) is 0 Å². The number of para-hydroxylation sites is 2. The van der Waals surface area contributed by atoms with Gasteiger partial charge in [-0.1, -0.05) is 28.1 Å². The van der Waals surface area contributed by atoms with Crippen LogP contribution in [0.15, 0.2) is 53.0 Å². The largest absolute Gasteiger partial charge is 0.378 e. The molecule has 146 valence electrons. The highest BCUT2D eigenvalue weighted by Crippen LogP contribution is 2.26. The highest BCUT2D eigenvalue weighted by Gasteiger charge is 2.34. The summed E-state index contributed by atoms with van der Waals surface area (Å²) in [5, 5.41) is 16.7. The van der Waals surface area contributed by atoms with Crippen LogP contribution in [0.2, 0.25) is 0 Å². The number of amides is 2. The Morgan fingerprint density at radius 1 is 1.18 bits per heavy atom. The monoisotopic (exact) mass is 446 g/mol. The predicted octanol–water partition coefficient (Wildman–Crippen LogP) is 2.94. The Labute approximate surface area is 170 Å². The number of anilines is 2. The third kappa shape index (κ3) is 4.66. The Balaban J connectivity index is 1.49. The Hall–Kier alpha value is -2.94. The first-order valence-electron chi connectivity index (χ1n) is 8.76. The average molecular weight is 447 g/mol. The molecule has 1 heterocycles. The standard InChI is InChI=1S/C19H19BrN4O4/c20-14-5-7-15(8-6-14)23-12-13(11-18(23)25)19(26)22-10-9-21-16-3-1-2-4-17(16)24(27)28/h1-8,13,21H,9-12H2,(H,22,26). The third-order valence-electron chi connectivity index (χ3n) is 4.47. The molecule has 2 N–H and O–H groups in total. The van der Waals surface area contributed by atoms with Crippen molar-refractivity contribution in [2.45, 2.75) is 6.42 Å². The van der Waals surface area contributed by atoms with Crippen LogP contribution in [0.25, 0.3) is 0 Å². The first-order chi connectivity index (χ1) is 13.5. The lowest BCUT2D eigenvalue weighted by molar-refractivity contribution is -0.384. The Morgan fingerprint density at radius 2 is 1.89 bits per heavy atom. The summed E-state index contributed by atoms with van der Waals surface area (Å²) in [6.45, 7) is 0.978. The highest BCUT2D eigenvalue weighted by molar-refractivity contribution is 9.10. The molecule has 0 spiro atoms. The van der Waals surface area contributed by atoms with Crippen molar-refractivity contribution >= 4 is 44.8 Å². The lowest BCUT2D eigenvalue weighted by Gasteiger charge is -2.17. The smallest absolute Gasteiger partial charge is 0.292 e. The number of nitrogens with one attached hydrogen (secondary N) is 2. The van der Waals surface area contributed by atoms with E-state index in [1.807, 2.05) is 24.3 Å². The number of halogens is 1. The minimum absolute atomic E-state index is 0.0136. The van der Waals surface area contributed by atoms with Gasteiger partial charge in [-0.15, -0.1) is 0 Å². The summed E-state index contributed by atoms with van der Waals surface area (Å²) in [6.07, 6.45) is 0.166. The quantitative estimate of drug-likeness (QED) is 0.386. The van der Waals surface area contributed by atoms with E-state index < -0.39 is 10.8 Å². The molecule has 0 saturated carbocycles. The van der Waals surface area contributed by atoms with Gasteiger partial charge < -0.3 is 15.5 Å². The van der Waals surface area contributed by atoms with E-state index in [2.05, 4.69) is 26.6 Å². The van der Waals surface area contributed by atoms with Crippen LogP contribution in [0.1, 0.15) is 6.42 Å². The average Bonchev–Trinajstić information content (AvgIpc) is 3.07. The zero-order chi connectivity index (χ0) is 20.1. The second-order valence-corrected chi connectivity index (χ2v) is 7.29. The first-order valence-corrected chi connectivity index (χ1v) is 9.56. The second kappa shape index (κ2) is 8.83. The lowest BCUT2D eigenvalue weighted by Crippen LogP contribution is -2.35. The summed E-state index contributed by atoms with van der Waals surface area (Å²) in [7, 11) is 0. The van der Waals surface area contributed by atoms with Crippen LogP contribution in [0.4, 0.5) is 17.1 Å². The van der Waals surface area contributed by atoms with Gasteiger partial charge in [0.05, 0.1) is 10.8 Å². The van der Waals surface area contributed by atoms with Crippen molar-refractivity contribution in [3.63, 3.8) is 0 Å². The van der Waals surface area contributed by atoms with E-state index >= 15 is 0 Å². The maximum atomic E-state index is 12.4. The number of nitro groups is 1. The molecule has 0 radical (unpaired) electrons. The fraction of sp³-hybridized carbons (Fsp3) is 0.263. The van der Waals surface area contributed by atoms with Gasteiger partial charge in [0.25, 0.3) is 5.69 Å². The molecular weight excluding hydrogens is 428 g/mol. The minimum Gasteiger partial charge on any atom is -0.378 e. The Bertz CT molecular complexity index is 888. The van der Waals surface area contributed by atoms with Crippen LogP contribution < -0.4 is 15.5 Å². The van der Waals surface area contributed by atoms with E-state index in [0.717, 1.165) is 10.2 Å². The summed E-state index contributed by atoms with van der Waals surface area (Å²) in [5.41, 5.74) is 1.15. The maximum absolute atomic E-state index is 12.4. The van der Waals surface area contributed by atoms with E-state index in [4.69, 9.17) is 0 Å². The topological polar surface area (TPSA) is 105 Å². The van der Waals surface area contributed by atoms with Gasteiger partial charge in [0, 0.05) is 42.3 Å². The number of hydrogen-bond acceptors (Lipinski definition) is 5. The highest BCUT2D eigenvalue weighted by atomic mass is 79.9. The Kier molecular flexibility index (Phi) is 6.25. The lowest BCUT2D eigenvalue weighted by atomic mass is 10.1. The van der Waals surface area contributed by atoms with Crippen molar-refractivity contribution in [2.24, 2.45) is 5.92 Å². The van der Waals surface area contributed by atoms with Crippen LogP contribution in [0.5, 0.6) is 0 Å². The Morgan fingerprint density at radius 3 is 2.61 bits per heavy atom. The fourth-order valence-corrected chi connectivity index (χ4v) is 3.33. The fourth-order valence-electron chi connectivity index (χ4n) is 3.06. The van der Waals surface area contributed by atoms with Crippen LogP contribution in [0, 0.1) is 16.0 Å². The number of carbonyl (C=O) groups is 2. The first kappa shape index (κ1) is 19.8. The normalized spacial score (nSPS) is 16.1. The van der Waals surface area contributed by atoms with Crippen molar-refractivity contribution in [2.75, 3.05) is 29.9 Å². The van der Waals surface area contributed by atoms with Gasteiger partial charge in [0.15, 0.2) is 0 Å². The van der Waals surface area contributed by atoms with E-state index in [1.54, 1.807) is 23.1 Å². The van der Waals surface area contributed by atoms with Gasteiger partial charge in [-0.05, 0) is 30.3 Å². The molecule has 9 heteroatoms. The van der Waals surface area contributed by atoms with Crippen molar-refractivity contribution in [3.05, 3.63) is 63.1 Å². The maximum Gasteiger partial charge on any atom is 0.292 e. The van der Waals surface area contributed by atoms with Crippen molar-refractivity contribution < 1.29 is 14.5 Å². The molecular formula is C19H19BrN4O4. The molecule has 1 aliphatic heterocycles. The van der Waals surface area contributed by atoms with Crippen LogP contribution in [0.3, 0.4) is 0 Å². The molecule has 0 aromatic heterocycles. The summed E-state index contributed by atoms with van der Waals surface area (Å²) in [5.74, 6) is -0.694. The number of rotatable bonds is 7. The van der Waals surface area contributed by atoms with Gasteiger partial charge >= 0.3 is 0 Å². The van der Waals surface area contributed by atoms with Crippen LogP contribution >= 0.6 is 15.9 Å². The van der Waals surface area contributed by atoms with Crippen LogP contribution in [-0.4, -0.2) is 36.4 Å². The number of hydrogen-bond donors (Lipinski definition) is 2. The molecule has 2 amide bonds. The molecule has 3 rings (SSSR count). The molecule has 1 unspecified atom stereocenters. The summed E-state index contributed by atoms with van der Waals surface area (Å²) < 4.78 is 0.920.